The molecule has 2 aliphatic rings. The molecule has 1 amide bonds. The maximum absolute atomic E-state index is 13.4. The lowest BCUT2D eigenvalue weighted by molar-refractivity contribution is -0.129. The molecule has 1 aliphatic carbocycles. The van der Waals surface area contributed by atoms with Gasteiger partial charge in [0.05, 0.1) is 5.71 Å². The fraction of sp³-hybridized carbons (Fsp3) is 0.208. The SMILES string of the molecule is CN1C(=O)C(NC(=S)N(C)c2cccc(Cl)c2)N=C(c2ccccc2)C2CC(Cl)=CC=C21. The molecule has 1 aliphatic heterocycles. The average molecular weight is 485 g/mol. The number of allylic oxidation sites excluding steroid dienone is 4. The molecule has 0 aromatic heterocycles. The largest absolute Gasteiger partial charge is 0.333 e. The molecule has 4 rings (SSSR count). The van der Waals surface area contributed by atoms with E-state index < -0.39 is 6.17 Å². The van der Waals surface area contributed by atoms with E-state index in [0.29, 0.717) is 16.6 Å². The Morgan fingerprint density at radius 2 is 1.91 bits per heavy atom. The monoisotopic (exact) mass is 484 g/mol. The molecule has 2 aromatic carbocycles. The fourth-order valence-electron chi connectivity index (χ4n) is 3.83. The van der Waals surface area contributed by atoms with Gasteiger partial charge in [0, 0.05) is 41.5 Å². The highest BCUT2D eigenvalue weighted by molar-refractivity contribution is 7.80. The van der Waals surface area contributed by atoms with Crippen molar-refractivity contribution in [2.24, 2.45) is 10.9 Å². The van der Waals surface area contributed by atoms with Gasteiger partial charge in [0.2, 0.25) is 6.17 Å². The minimum Gasteiger partial charge on any atom is -0.333 e. The zero-order valence-electron chi connectivity index (χ0n) is 17.6. The fourth-order valence-corrected chi connectivity index (χ4v) is 4.45. The van der Waals surface area contributed by atoms with Gasteiger partial charge in [-0.2, -0.15) is 0 Å². The van der Waals surface area contributed by atoms with Crippen LogP contribution in [0.4, 0.5) is 5.69 Å². The van der Waals surface area contributed by atoms with Crippen molar-refractivity contribution >= 4 is 57.8 Å². The lowest BCUT2D eigenvalue weighted by Gasteiger charge is -2.29. The van der Waals surface area contributed by atoms with E-state index in [0.717, 1.165) is 27.7 Å². The zero-order valence-corrected chi connectivity index (χ0v) is 20.0. The number of carbonyl (C=O) groups excluding carboxylic acids is 1. The highest BCUT2D eigenvalue weighted by Crippen LogP contribution is 2.34. The van der Waals surface area contributed by atoms with Gasteiger partial charge < -0.3 is 15.1 Å². The molecule has 0 spiro atoms. The van der Waals surface area contributed by atoms with Crippen LogP contribution >= 0.6 is 35.4 Å². The first-order chi connectivity index (χ1) is 15.3. The van der Waals surface area contributed by atoms with Gasteiger partial charge in [0.1, 0.15) is 0 Å². The highest BCUT2D eigenvalue weighted by Gasteiger charge is 2.37. The number of rotatable bonds is 3. The quantitative estimate of drug-likeness (QED) is 0.625. The average Bonchev–Trinajstić information content (AvgIpc) is 2.89. The second kappa shape index (κ2) is 9.45. The van der Waals surface area contributed by atoms with Crippen LogP contribution in [0.25, 0.3) is 0 Å². The predicted molar refractivity (Wildman–Crippen MR) is 135 cm³/mol. The van der Waals surface area contributed by atoms with Crippen molar-refractivity contribution in [2.45, 2.75) is 12.6 Å². The molecule has 5 nitrogen and oxygen atoms in total. The number of thiocarbonyl (C=S) groups is 1. The van der Waals surface area contributed by atoms with Crippen molar-refractivity contribution in [2.75, 3.05) is 19.0 Å². The maximum atomic E-state index is 13.4. The van der Waals surface area contributed by atoms with E-state index >= 15 is 0 Å². The minimum absolute atomic E-state index is 0.130. The van der Waals surface area contributed by atoms with Crippen LogP contribution in [0.1, 0.15) is 12.0 Å². The van der Waals surface area contributed by atoms with Crippen molar-refractivity contribution < 1.29 is 4.79 Å². The molecule has 1 heterocycles. The number of amides is 1. The second-order valence-electron chi connectivity index (χ2n) is 7.63. The number of nitrogens with zero attached hydrogens (tertiary/aromatic N) is 3. The maximum Gasteiger partial charge on any atom is 0.271 e. The van der Waals surface area contributed by atoms with Crippen LogP contribution in [0.2, 0.25) is 5.02 Å². The summed E-state index contributed by atoms with van der Waals surface area (Å²) >= 11 is 18.1. The topological polar surface area (TPSA) is 47.9 Å². The Kier molecular flexibility index (Phi) is 6.65. The first-order valence-electron chi connectivity index (χ1n) is 10.1. The van der Waals surface area contributed by atoms with E-state index in [1.54, 1.807) is 22.9 Å². The Hall–Kier alpha value is -2.67. The number of anilines is 1. The van der Waals surface area contributed by atoms with Gasteiger partial charge in [-0.25, -0.2) is 0 Å². The van der Waals surface area contributed by atoms with Gasteiger partial charge in [0.15, 0.2) is 5.11 Å². The summed E-state index contributed by atoms with van der Waals surface area (Å²) in [5, 5.41) is 4.83. The molecule has 0 fully saturated rings. The molecule has 8 heteroatoms. The third-order valence-corrected chi connectivity index (χ3v) is 6.48. The number of carbonyl (C=O) groups is 1. The lowest BCUT2D eigenvalue weighted by atomic mass is 9.87. The minimum atomic E-state index is -0.880. The predicted octanol–water partition coefficient (Wildman–Crippen LogP) is 4.96. The van der Waals surface area contributed by atoms with Gasteiger partial charge in [-0.1, -0.05) is 59.6 Å². The van der Waals surface area contributed by atoms with E-state index in [1.807, 2.05) is 67.7 Å². The molecule has 2 unspecified atom stereocenters. The summed E-state index contributed by atoms with van der Waals surface area (Å²) in [4.78, 5) is 21.7. The molecule has 2 atom stereocenters. The van der Waals surface area contributed by atoms with E-state index in [4.69, 9.17) is 40.4 Å². The summed E-state index contributed by atoms with van der Waals surface area (Å²) in [7, 11) is 3.58. The molecule has 0 radical (unpaired) electrons. The number of hydrogen-bond donors (Lipinski definition) is 1. The standard InChI is InChI=1S/C24H22Cl2N4OS/c1-29(18-10-6-9-16(25)13-18)24(32)28-22-23(31)30(2)20-12-11-17(26)14-19(20)21(27-22)15-7-4-3-5-8-15/h3-13,19,22H,14H2,1-2H3,(H,28,32). The van der Waals surface area contributed by atoms with Crippen molar-refractivity contribution in [3.8, 4) is 0 Å². The number of hydrogen-bond acceptors (Lipinski definition) is 3. The first kappa shape index (κ1) is 22.5. The van der Waals surface area contributed by atoms with E-state index in [1.165, 1.54) is 0 Å². The van der Waals surface area contributed by atoms with Crippen LogP contribution in [0.5, 0.6) is 0 Å². The van der Waals surface area contributed by atoms with Crippen LogP contribution in [-0.4, -0.2) is 41.9 Å². The van der Waals surface area contributed by atoms with Crippen molar-refractivity contribution in [1.29, 1.82) is 0 Å². The summed E-state index contributed by atoms with van der Waals surface area (Å²) in [5.41, 5.74) is 3.41. The van der Waals surface area contributed by atoms with Crippen molar-refractivity contribution in [1.82, 2.24) is 10.2 Å². The molecule has 164 valence electrons. The highest BCUT2D eigenvalue weighted by atomic mass is 35.5. The van der Waals surface area contributed by atoms with Crippen LogP contribution in [0, 0.1) is 5.92 Å². The summed E-state index contributed by atoms with van der Waals surface area (Å²) in [6.45, 7) is 0. The summed E-state index contributed by atoms with van der Waals surface area (Å²) < 4.78 is 0. The lowest BCUT2D eigenvalue weighted by Crippen LogP contribution is -2.49. The molecule has 0 saturated heterocycles. The van der Waals surface area contributed by atoms with Crippen LogP contribution in [0.15, 0.2) is 82.5 Å². The van der Waals surface area contributed by atoms with Gasteiger partial charge >= 0.3 is 0 Å². The number of benzene rings is 2. The normalized spacial score (nSPS) is 20.4. The Labute approximate surface area is 203 Å². The molecule has 1 N–H and O–H groups in total. The van der Waals surface area contributed by atoms with Crippen LogP contribution in [0.3, 0.4) is 0 Å². The van der Waals surface area contributed by atoms with E-state index in [9.17, 15) is 4.79 Å². The van der Waals surface area contributed by atoms with E-state index in [-0.39, 0.29) is 11.8 Å². The second-order valence-corrected chi connectivity index (χ2v) is 8.94. The van der Waals surface area contributed by atoms with Crippen molar-refractivity contribution in [3.05, 3.63) is 88.1 Å². The van der Waals surface area contributed by atoms with Gasteiger partial charge in [-0.15, -0.1) is 0 Å². The molecular weight excluding hydrogens is 463 g/mol. The number of halogens is 2. The van der Waals surface area contributed by atoms with Crippen LogP contribution < -0.4 is 10.2 Å². The number of aliphatic imine (C=N–C) groups is 1. The summed E-state index contributed by atoms with van der Waals surface area (Å²) in [6.07, 6.45) is 3.43. The number of nitrogens with one attached hydrogen (secondary N) is 1. The summed E-state index contributed by atoms with van der Waals surface area (Å²) in [5.74, 6) is -0.324. The summed E-state index contributed by atoms with van der Waals surface area (Å²) in [6, 6.07) is 17.2. The Morgan fingerprint density at radius 1 is 1.16 bits per heavy atom. The smallest absolute Gasteiger partial charge is 0.271 e. The zero-order chi connectivity index (χ0) is 22.8. The number of likely N-dealkylation sites (N-methyl/N-ethyl adjacent to an activating group) is 1. The molecule has 0 saturated carbocycles. The Bertz CT molecular complexity index is 1150. The van der Waals surface area contributed by atoms with Crippen LogP contribution in [-0.2, 0) is 4.79 Å². The van der Waals surface area contributed by atoms with Gasteiger partial charge in [0.25, 0.3) is 5.91 Å². The molecule has 0 bridgehead atoms. The van der Waals surface area contributed by atoms with Gasteiger partial charge in [-0.3, -0.25) is 9.79 Å². The molecule has 2 aromatic rings. The first-order valence-corrected chi connectivity index (χ1v) is 11.3. The number of fused-ring (bicyclic) bond motifs is 1. The molecular formula is C24H22Cl2N4OS. The van der Waals surface area contributed by atoms with Gasteiger partial charge in [-0.05, 0) is 54.6 Å². The Balaban J connectivity index is 1.70. The third kappa shape index (κ3) is 4.58. The Morgan fingerprint density at radius 3 is 2.62 bits per heavy atom. The van der Waals surface area contributed by atoms with E-state index in [2.05, 4.69) is 5.32 Å². The third-order valence-electron chi connectivity index (χ3n) is 5.57. The van der Waals surface area contributed by atoms with Crippen molar-refractivity contribution in [3.63, 3.8) is 0 Å². The molecule has 32 heavy (non-hydrogen) atoms.